The highest BCUT2D eigenvalue weighted by molar-refractivity contribution is 4.64. The average Bonchev–Trinajstić information content (AvgIpc) is 1.87. The molecule has 0 bridgehead atoms. The predicted molar refractivity (Wildman–Crippen MR) is 45.4 cm³/mol. The van der Waals surface area contributed by atoms with Crippen molar-refractivity contribution < 1.29 is 0 Å². The number of hydrogen-bond acceptors (Lipinski definition) is 2. The smallest absolute Gasteiger partial charge is 0.0547 e. The summed E-state index contributed by atoms with van der Waals surface area (Å²) in [5.41, 5.74) is 11.0. The van der Waals surface area contributed by atoms with Crippen LogP contribution >= 0.6 is 0 Å². The first kappa shape index (κ1) is 9.92. The summed E-state index contributed by atoms with van der Waals surface area (Å²) in [5, 5.41) is 0. The third-order valence-corrected chi connectivity index (χ3v) is 2.13. The molecule has 0 spiro atoms. The Hall–Kier alpha value is -0.0800. The maximum Gasteiger partial charge on any atom is 0.0547 e. The second-order valence-electron chi connectivity index (χ2n) is 3.30. The van der Waals surface area contributed by atoms with Gasteiger partial charge in [0.15, 0.2) is 0 Å². The summed E-state index contributed by atoms with van der Waals surface area (Å²) in [4.78, 5) is 0. The molecule has 2 heteroatoms. The Morgan fingerprint density at radius 1 is 1.20 bits per heavy atom. The normalized spacial score (nSPS) is 17.4. The number of rotatable bonds is 4. The first-order valence-corrected chi connectivity index (χ1v) is 4.09. The Morgan fingerprint density at radius 3 is 2.00 bits per heavy atom. The average molecular weight is 144 g/mol. The van der Waals surface area contributed by atoms with Crippen molar-refractivity contribution in [1.82, 2.24) is 0 Å². The lowest BCUT2D eigenvalue weighted by Gasteiger charge is -2.18. The molecule has 0 amide bonds. The Labute approximate surface area is 64.0 Å². The zero-order chi connectivity index (χ0) is 8.15. The molecule has 0 aromatic heterocycles. The molecule has 0 fully saturated rings. The van der Waals surface area contributed by atoms with Crippen molar-refractivity contribution in [3.8, 4) is 0 Å². The molecule has 0 heterocycles. The quantitative estimate of drug-likeness (QED) is 0.584. The molecule has 62 valence electrons. The van der Waals surface area contributed by atoms with Gasteiger partial charge in [0.2, 0.25) is 0 Å². The molecular weight excluding hydrogens is 124 g/mol. The fourth-order valence-corrected chi connectivity index (χ4v) is 0.958. The number of hydrogen-bond donors (Lipinski definition) is 2. The predicted octanol–water partition coefficient (Wildman–Crippen LogP) is 1.30. The molecule has 0 aliphatic carbocycles. The summed E-state index contributed by atoms with van der Waals surface area (Å²) in [5.74, 6) is 1.21. The van der Waals surface area contributed by atoms with Crippen LogP contribution < -0.4 is 11.5 Å². The second-order valence-corrected chi connectivity index (χ2v) is 3.30. The van der Waals surface area contributed by atoms with Crippen molar-refractivity contribution in [1.29, 1.82) is 0 Å². The van der Waals surface area contributed by atoms with Gasteiger partial charge in [-0.15, -0.1) is 0 Å². The van der Waals surface area contributed by atoms with Crippen LogP contribution in [0.5, 0.6) is 0 Å². The molecule has 0 aromatic rings. The molecule has 0 aromatic carbocycles. The highest BCUT2D eigenvalue weighted by Crippen LogP contribution is 2.14. The van der Waals surface area contributed by atoms with Gasteiger partial charge in [0.1, 0.15) is 0 Å². The summed E-state index contributed by atoms with van der Waals surface area (Å²) in [6.45, 7) is 6.54. The third kappa shape index (κ3) is 3.85. The Kier molecular flexibility index (Phi) is 4.65. The monoisotopic (exact) mass is 144 g/mol. The standard InChI is InChI=1S/C8H20N2/c1-4-6(2)5-7(3)8(9)10/h6-8H,4-5,9-10H2,1-3H3. The summed E-state index contributed by atoms with van der Waals surface area (Å²) >= 11 is 0. The highest BCUT2D eigenvalue weighted by atomic mass is 14.9. The van der Waals surface area contributed by atoms with E-state index < -0.39 is 0 Å². The zero-order valence-electron chi connectivity index (χ0n) is 7.30. The van der Waals surface area contributed by atoms with Crippen LogP contribution in [0, 0.1) is 11.8 Å². The van der Waals surface area contributed by atoms with Gasteiger partial charge in [-0.3, -0.25) is 0 Å². The topological polar surface area (TPSA) is 52.0 Å². The largest absolute Gasteiger partial charge is 0.316 e. The maximum atomic E-state index is 5.52. The second kappa shape index (κ2) is 4.69. The van der Waals surface area contributed by atoms with Gasteiger partial charge >= 0.3 is 0 Å². The van der Waals surface area contributed by atoms with Crippen LogP contribution in [0.1, 0.15) is 33.6 Å². The van der Waals surface area contributed by atoms with E-state index in [9.17, 15) is 0 Å². The van der Waals surface area contributed by atoms with Crippen LogP contribution in [0.4, 0.5) is 0 Å². The summed E-state index contributed by atoms with van der Waals surface area (Å²) in [6, 6.07) is 0. The van der Waals surface area contributed by atoms with E-state index in [-0.39, 0.29) is 6.17 Å². The van der Waals surface area contributed by atoms with Gasteiger partial charge in [0, 0.05) is 0 Å². The summed E-state index contributed by atoms with van der Waals surface area (Å²) in [7, 11) is 0. The van der Waals surface area contributed by atoms with Crippen LogP contribution in [0.25, 0.3) is 0 Å². The van der Waals surface area contributed by atoms with Gasteiger partial charge in [-0.25, -0.2) is 0 Å². The fraction of sp³-hybridized carbons (Fsp3) is 1.00. The minimum Gasteiger partial charge on any atom is -0.316 e. The van der Waals surface area contributed by atoms with Crippen molar-refractivity contribution in [3.63, 3.8) is 0 Å². The summed E-state index contributed by atoms with van der Waals surface area (Å²) in [6.07, 6.45) is 2.22. The van der Waals surface area contributed by atoms with Gasteiger partial charge in [-0.2, -0.15) is 0 Å². The lowest BCUT2D eigenvalue weighted by molar-refractivity contribution is 0.356. The molecule has 0 aliphatic heterocycles. The lowest BCUT2D eigenvalue weighted by atomic mass is 9.94. The van der Waals surface area contributed by atoms with Crippen molar-refractivity contribution in [2.75, 3.05) is 0 Å². The third-order valence-electron chi connectivity index (χ3n) is 2.13. The first-order valence-electron chi connectivity index (χ1n) is 4.09. The zero-order valence-corrected chi connectivity index (χ0v) is 7.30. The van der Waals surface area contributed by atoms with E-state index in [1.807, 2.05) is 0 Å². The minimum absolute atomic E-state index is 0.144. The van der Waals surface area contributed by atoms with E-state index in [1.165, 1.54) is 6.42 Å². The SMILES string of the molecule is CCC(C)CC(C)C(N)N. The van der Waals surface area contributed by atoms with Crippen LogP contribution in [-0.4, -0.2) is 6.17 Å². The molecule has 2 nitrogen and oxygen atoms in total. The van der Waals surface area contributed by atoms with Gasteiger partial charge < -0.3 is 11.5 Å². The maximum absolute atomic E-state index is 5.52. The van der Waals surface area contributed by atoms with E-state index >= 15 is 0 Å². The number of nitrogens with two attached hydrogens (primary N) is 2. The molecule has 0 rings (SSSR count). The van der Waals surface area contributed by atoms with Gasteiger partial charge in [-0.05, 0) is 18.3 Å². The van der Waals surface area contributed by atoms with Crippen LogP contribution in [-0.2, 0) is 0 Å². The van der Waals surface area contributed by atoms with E-state index in [0.717, 1.165) is 12.3 Å². The van der Waals surface area contributed by atoms with Crippen LogP contribution in [0.3, 0.4) is 0 Å². The molecule has 0 saturated carbocycles. The highest BCUT2D eigenvalue weighted by Gasteiger charge is 2.10. The van der Waals surface area contributed by atoms with Crippen molar-refractivity contribution >= 4 is 0 Å². The lowest BCUT2D eigenvalue weighted by Crippen LogP contribution is -2.37. The molecule has 0 radical (unpaired) electrons. The van der Waals surface area contributed by atoms with E-state index in [4.69, 9.17) is 11.5 Å². The minimum atomic E-state index is -0.144. The molecule has 0 aliphatic rings. The van der Waals surface area contributed by atoms with E-state index in [0.29, 0.717) is 5.92 Å². The first-order chi connectivity index (χ1) is 4.57. The van der Waals surface area contributed by atoms with Crippen molar-refractivity contribution in [2.24, 2.45) is 23.3 Å². The summed E-state index contributed by atoms with van der Waals surface area (Å²) < 4.78 is 0. The molecular formula is C8H20N2. The van der Waals surface area contributed by atoms with Crippen molar-refractivity contribution in [3.05, 3.63) is 0 Å². The fourth-order valence-electron chi connectivity index (χ4n) is 0.958. The van der Waals surface area contributed by atoms with Crippen LogP contribution in [0.2, 0.25) is 0 Å². The molecule has 4 N–H and O–H groups in total. The van der Waals surface area contributed by atoms with Gasteiger partial charge in [0.05, 0.1) is 6.17 Å². The Balaban J connectivity index is 3.46. The molecule has 2 unspecified atom stereocenters. The van der Waals surface area contributed by atoms with E-state index in [1.54, 1.807) is 0 Å². The van der Waals surface area contributed by atoms with E-state index in [2.05, 4.69) is 20.8 Å². The van der Waals surface area contributed by atoms with Crippen molar-refractivity contribution in [2.45, 2.75) is 39.8 Å². The van der Waals surface area contributed by atoms with Crippen LogP contribution in [0.15, 0.2) is 0 Å². The molecule has 0 saturated heterocycles. The Morgan fingerprint density at radius 2 is 1.70 bits per heavy atom. The van der Waals surface area contributed by atoms with Gasteiger partial charge in [-0.1, -0.05) is 27.2 Å². The van der Waals surface area contributed by atoms with Gasteiger partial charge in [0.25, 0.3) is 0 Å². The molecule has 10 heavy (non-hydrogen) atoms. The molecule has 2 atom stereocenters. The Bertz CT molecular complexity index is 81.3.